The van der Waals surface area contributed by atoms with Crippen molar-refractivity contribution >= 4 is 17.3 Å². The lowest BCUT2D eigenvalue weighted by molar-refractivity contribution is -0.134. The quantitative estimate of drug-likeness (QED) is 0.796. The Morgan fingerprint density at radius 2 is 2.31 bits per heavy atom. The highest BCUT2D eigenvalue weighted by Crippen LogP contribution is 2.14. The van der Waals surface area contributed by atoms with Crippen LogP contribution in [0.15, 0.2) is 24.5 Å². The summed E-state index contributed by atoms with van der Waals surface area (Å²) in [6, 6.07) is 3.52. The van der Waals surface area contributed by atoms with E-state index in [1.54, 1.807) is 28.9 Å². The lowest BCUT2D eigenvalue weighted by Crippen LogP contribution is -2.06. The zero-order valence-corrected chi connectivity index (χ0v) is 9.01. The van der Waals surface area contributed by atoms with Gasteiger partial charge in [0.05, 0.1) is 6.20 Å². The Balaban J connectivity index is 2.23. The molecule has 5 heteroatoms. The van der Waals surface area contributed by atoms with Gasteiger partial charge in [-0.05, 0) is 18.6 Å². The maximum Gasteiger partial charge on any atom is 0.312 e. The van der Waals surface area contributed by atoms with Gasteiger partial charge in [-0.1, -0.05) is 6.92 Å². The first kappa shape index (κ1) is 10.5. The summed E-state index contributed by atoms with van der Waals surface area (Å²) in [4.78, 5) is 15.4. The standard InChI is InChI=1S/C11H13N3O2/c1-2-3-11(15)16-10-7-14-6-8(12)4-5-9(14)13-10/h4-7H,2-3,12H2,1H3. The molecule has 0 aliphatic heterocycles. The molecule has 84 valence electrons. The van der Waals surface area contributed by atoms with Crippen LogP contribution in [0.3, 0.4) is 0 Å². The SMILES string of the molecule is CCCC(=O)Oc1cn2cc(N)ccc2n1. The third-order valence-electron chi connectivity index (χ3n) is 2.12. The minimum absolute atomic E-state index is 0.265. The van der Waals surface area contributed by atoms with Gasteiger partial charge in [0, 0.05) is 18.3 Å². The molecule has 0 aliphatic carbocycles. The van der Waals surface area contributed by atoms with Crippen LogP contribution in [0.5, 0.6) is 5.88 Å². The molecular weight excluding hydrogens is 206 g/mol. The maximum atomic E-state index is 11.3. The van der Waals surface area contributed by atoms with Crippen LogP contribution >= 0.6 is 0 Å². The van der Waals surface area contributed by atoms with Crippen LogP contribution < -0.4 is 10.5 Å². The summed E-state index contributed by atoms with van der Waals surface area (Å²) in [6.07, 6.45) is 4.52. The van der Waals surface area contributed by atoms with Gasteiger partial charge in [-0.3, -0.25) is 4.79 Å². The van der Waals surface area contributed by atoms with Gasteiger partial charge in [0.25, 0.3) is 0 Å². The van der Waals surface area contributed by atoms with Crippen LogP contribution in [0.2, 0.25) is 0 Å². The molecule has 0 spiro atoms. The monoisotopic (exact) mass is 219 g/mol. The van der Waals surface area contributed by atoms with E-state index in [1.165, 1.54) is 0 Å². The van der Waals surface area contributed by atoms with E-state index >= 15 is 0 Å². The van der Waals surface area contributed by atoms with E-state index < -0.39 is 0 Å². The van der Waals surface area contributed by atoms with Crippen molar-refractivity contribution in [3.8, 4) is 5.88 Å². The summed E-state index contributed by atoms with van der Waals surface area (Å²) in [5.41, 5.74) is 6.96. The van der Waals surface area contributed by atoms with Crippen molar-refractivity contribution in [2.45, 2.75) is 19.8 Å². The molecule has 2 N–H and O–H groups in total. The second-order valence-electron chi connectivity index (χ2n) is 3.53. The number of carbonyl (C=O) groups excluding carboxylic acids is 1. The molecule has 0 radical (unpaired) electrons. The molecule has 0 saturated heterocycles. The van der Waals surface area contributed by atoms with Gasteiger partial charge >= 0.3 is 5.97 Å². The number of hydrogen-bond acceptors (Lipinski definition) is 4. The Kier molecular flexibility index (Phi) is 2.76. The number of hydrogen-bond donors (Lipinski definition) is 1. The molecule has 0 atom stereocenters. The van der Waals surface area contributed by atoms with Gasteiger partial charge in [0.1, 0.15) is 5.65 Å². The van der Waals surface area contributed by atoms with Crippen LogP contribution in [-0.4, -0.2) is 15.4 Å². The minimum atomic E-state index is -0.265. The number of ether oxygens (including phenoxy) is 1. The van der Waals surface area contributed by atoms with Gasteiger partial charge in [-0.25, -0.2) is 0 Å². The van der Waals surface area contributed by atoms with E-state index in [0.717, 1.165) is 6.42 Å². The number of carbonyl (C=O) groups is 1. The van der Waals surface area contributed by atoms with Crippen LogP contribution in [0.25, 0.3) is 5.65 Å². The van der Waals surface area contributed by atoms with E-state index in [-0.39, 0.29) is 5.97 Å². The van der Waals surface area contributed by atoms with E-state index in [0.29, 0.717) is 23.6 Å². The normalized spacial score (nSPS) is 10.6. The zero-order valence-electron chi connectivity index (χ0n) is 9.01. The fourth-order valence-electron chi connectivity index (χ4n) is 1.41. The van der Waals surface area contributed by atoms with E-state index in [1.807, 2.05) is 6.92 Å². The van der Waals surface area contributed by atoms with Crippen LogP contribution in [0, 0.1) is 0 Å². The largest absolute Gasteiger partial charge is 0.406 e. The molecular formula is C11H13N3O2. The molecule has 0 fully saturated rings. The van der Waals surface area contributed by atoms with Crippen molar-refractivity contribution in [2.75, 3.05) is 5.73 Å². The fourth-order valence-corrected chi connectivity index (χ4v) is 1.41. The van der Waals surface area contributed by atoms with Crippen molar-refractivity contribution in [1.82, 2.24) is 9.38 Å². The molecule has 0 bridgehead atoms. The minimum Gasteiger partial charge on any atom is -0.406 e. The Morgan fingerprint density at radius 1 is 1.50 bits per heavy atom. The molecule has 2 heterocycles. The number of imidazole rings is 1. The summed E-state index contributed by atoms with van der Waals surface area (Å²) >= 11 is 0. The Hall–Kier alpha value is -2.04. The Bertz CT molecular complexity index is 519. The fraction of sp³-hybridized carbons (Fsp3) is 0.273. The number of fused-ring (bicyclic) bond motifs is 1. The highest BCUT2D eigenvalue weighted by molar-refractivity contribution is 5.72. The number of nitrogens with zero attached hydrogens (tertiary/aromatic N) is 2. The summed E-state index contributed by atoms with van der Waals surface area (Å²) < 4.78 is 6.79. The average Bonchev–Trinajstić information content (AvgIpc) is 2.59. The summed E-state index contributed by atoms with van der Waals surface area (Å²) in [5.74, 6) is 0.0444. The van der Waals surface area contributed by atoms with Crippen molar-refractivity contribution in [1.29, 1.82) is 0 Å². The third-order valence-corrected chi connectivity index (χ3v) is 2.12. The second kappa shape index (κ2) is 4.22. The number of nitrogens with two attached hydrogens (primary N) is 1. The number of anilines is 1. The molecule has 2 aromatic heterocycles. The first-order valence-electron chi connectivity index (χ1n) is 5.14. The number of rotatable bonds is 3. The van der Waals surface area contributed by atoms with Gasteiger partial charge in [-0.15, -0.1) is 0 Å². The summed E-state index contributed by atoms with van der Waals surface area (Å²) in [7, 11) is 0. The highest BCUT2D eigenvalue weighted by atomic mass is 16.5. The van der Waals surface area contributed by atoms with Crippen molar-refractivity contribution in [2.24, 2.45) is 0 Å². The maximum absolute atomic E-state index is 11.3. The van der Waals surface area contributed by atoms with Gasteiger partial charge in [0.2, 0.25) is 5.88 Å². The Labute approximate surface area is 92.8 Å². The molecule has 2 rings (SSSR count). The molecule has 0 aliphatic rings. The predicted molar refractivity (Wildman–Crippen MR) is 60.1 cm³/mol. The first-order valence-corrected chi connectivity index (χ1v) is 5.14. The van der Waals surface area contributed by atoms with Crippen molar-refractivity contribution in [3.63, 3.8) is 0 Å². The molecule has 0 unspecified atom stereocenters. The number of aromatic nitrogens is 2. The van der Waals surface area contributed by atoms with E-state index in [9.17, 15) is 4.79 Å². The van der Waals surface area contributed by atoms with Crippen molar-refractivity contribution in [3.05, 3.63) is 24.5 Å². The summed E-state index contributed by atoms with van der Waals surface area (Å²) in [6.45, 7) is 1.92. The van der Waals surface area contributed by atoms with Gasteiger partial charge in [-0.2, -0.15) is 4.98 Å². The van der Waals surface area contributed by atoms with Crippen molar-refractivity contribution < 1.29 is 9.53 Å². The molecule has 16 heavy (non-hydrogen) atoms. The third kappa shape index (κ3) is 2.13. The second-order valence-corrected chi connectivity index (χ2v) is 3.53. The first-order chi connectivity index (χ1) is 7.69. The average molecular weight is 219 g/mol. The lowest BCUT2D eigenvalue weighted by Gasteiger charge is -1.96. The topological polar surface area (TPSA) is 69.6 Å². The van der Waals surface area contributed by atoms with E-state index in [4.69, 9.17) is 10.5 Å². The van der Waals surface area contributed by atoms with Crippen LogP contribution in [-0.2, 0) is 4.79 Å². The molecule has 0 aromatic carbocycles. The molecule has 0 amide bonds. The predicted octanol–water partition coefficient (Wildman–Crippen LogP) is 1.62. The zero-order chi connectivity index (χ0) is 11.5. The van der Waals surface area contributed by atoms with Crippen LogP contribution in [0.1, 0.15) is 19.8 Å². The smallest absolute Gasteiger partial charge is 0.312 e. The highest BCUT2D eigenvalue weighted by Gasteiger charge is 2.07. The number of esters is 1. The molecule has 0 saturated carbocycles. The lowest BCUT2D eigenvalue weighted by atomic mass is 10.3. The molecule has 2 aromatic rings. The number of pyridine rings is 1. The number of nitrogen functional groups attached to an aromatic ring is 1. The summed E-state index contributed by atoms with van der Waals surface area (Å²) in [5, 5.41) is 0. The molecule has 5 nitrogen and oxygen atoms in total. The van der Waals surface area contributed by atoms with Crippen LogP contribution in [0.4, 0.5) is 5.69 Å². The Morgan fingerprint density at radius 3 is 3.06 bits per heavy atom. The van der Waals surface area contributed by atoms with Gasteiger partial charge in [0.15, 0.2) is 0 Å². The van der Waals surface area contributed by atoms with E-state index in [2.05, 4.69) is 4.98 Å². The van der Waals surface area contributed by atoms with Gasteiger partial charge < -0.3 is 14.9 Å².